The molecule has 19 heavy (non-hydrogen) atoms. The van der Waals surface area contributed by atoms with E-state index < -0.39 is 30.3 Å². The molecule has 9 nitrogen and oxygen atoms in total. The number of carbonyl (C=O) groups excluding carboxylic acids is 1. The Kier molecular flexibility index (Phi) is 2.64. The Morgan fingerprint density at radius 1 is 1.37 bits per heavy atom. The number of anilines is 1. The smallest absolute Gasteiger partial charge is 0.424 e. The third kappa shape index (κ3) is 1.83. The van der Waals surface area contributed by atoms with Crippen LogP contribution >= 0.6 is 0 Å². The minimum atomic E-state index is -0.792. The zero-order chi connectivity index (χ0) is 13.6. The van der Waals surface area contributed by atoms with Crippen molar-refractivity contribution in [3.8, 4) is 0 Å². The first-order valence-corrected chi connectivity index (χ1v) is 5.62. The molecular formula is C10H11N3O6. The molecule has 0 saturated carbocycles. The average molecular weight is 269 g/mol. The zero-order valence-electron chi connectivity index (χ0n) is 9.85. The number of nitrogens with one attached hydrogen (secondary N) is 1. The third-order valence-corrected chi connectivity index (χ3v) is 3.10. The summed E-state index contributed by atoms with van der Waals surface area (Å²) in [6.07, 6.45) is -1.79. The van der Waals surface area contributed by atoms with Crippen LogP contribution in [0, 0.1) is 0 Å². The highest BCUT2D eigenvalue weighted by Gasteiger charge is 2.53. The second-order valence-corrected chi connectivity index (χ2v) is 4.26. The maximum atomic E-state index is 11.8. The molecule has 2 N–H and O–H groups in total. The number of ether oxygens (including phenoxy) is 3. The SMILES string of the molecule is C[C@H]1O[C@@H](n2ccc(NO)nc2=O)[C@@H]2OC(=O)O[C@@H]21. The Hall–Kier alpha value is -2.13. The summed E-state index contributed by atoms with van der Waals surface area (Å²) in [6, 6.07) is 1.39. The molecule has 0 radical (unpaired) electrons. The summed E-state index contributed by atoms with van der Waals surface area (Å²) in [4.78, 5) is 26.5. The van der Waals surface area contributed by atoms with Crippen LogP contribution in [0.5, 0.6) is 0 Å². The molecule has 0 aromatic carbocycles. The van der Waals surface area contributed by atoms with Crippen molar-refractivity contribution in [3.63, 3.8) is 0 Å². The lowest BCUT2D eigenvalue weighted by Crippen LogP contribution is -2.34. The van der Waals surface area contributed by atoms with Crippen LogP contribution in [0.1, 0.15) is 13.2 Å². The molecule has 0 bridgehead atoms. The molecule has 9 heteroatoms. The standard InChI is InChI=1S/C10H11N3O6/c1-4-6-7(19-10(15)18-6)8(17-4)13-3-2-5(12-16)11-9(13)14/h2-4,6-8,16H,1H3,(H,11,12,14)/t4-,6-,7-,8-/m1/s1. The van der Waals surface area contributed by atoms with Gasteiger partial charge in [0, 0.05) is 6.20 Å². The van der Waals surface area contributed by atoms with Gasteiger partial charge in [-0.1, -0.05) is 0 Å². The lowest BCUT2D eigenvalue weighted by atomic mass is 10.1. The monoisotopic (exact) mass is 269 g/mol. The zero-order valence-corrected chi connectivity index (χ0v) is 9.85. The second kappa shape index (κ2) is 4.21. The van der Waals surface area contributed by atoms with Gasteiger partial charge < -0.3 is 14.2 Å². The van der Waals surface area contributed by atoms with Crippen LogP contribution in [0.2, 0.25) is 0 Å². The van der Waals surface area contributed by atoms with Gasteiger partial charge in [-0.3, -0.25) is 15.3 Å². The fourth-order valence-electron chi connectivity index (χ4n) is 2.23. The first kappa shape index (κ1) is 11.9. The molecule has 2 fully saturated rings. The van der Waals surface area contributed by atoms with Crippen LogP contribution in [-0.4, -0.2) is 39.2 Å². The van der Waals surface area contributed by atoms with Gasteiger partial charge in [-0.15, -0.1) is 0 Å². The van der Waals surface area contributed by atoms with E-state index in [1.807, 2.05) is 0 Å². The summed E-state index contributed by atoms with van der Waals surface area (Å²) in [5.41, 5.74) is 1.13. The Labute approximate surface area is 106 Å². The minimum Gasteiger partial charge on any atom is -0.424 e. The summed E-state index contributed by atoms with van der Waals surface area (Å²) in [6.45, 7) is 1.72. The van der Waals surface area contributed by atoms with E-state index in [1.54, 1.807) is 12.4 Å². The molecule has 4 atom stereocenters. The number of fused-ring (bicyclic) bond motifs is 1. The van der Waals surface area contributed by atoms with Crippen LogP contribution in [0.15, 0.2) is 17.1 Å². The van der Waals surface area contributed by atoms with E-state index in [9.17, 15) is 9.59 Å². The van der Waals surface area contributed by atoms with Gasteiger partial charge >= 0.3 is 11.8 Å². The first-order chi connectivity index (χ1) is 9.10. The van der Waals surface area contributed by atoms with Crippen molar-refractivity contribution in [2.45, 2.75) is 31.5 Å². The van der Waals surface area contributed by atoms with E-state index in [2.05, 4.69) is 4.98 Å². The lowest BCUT2D eigenvalue weighted by Gasteiger charge is -2.17. The van der Waals surface area contributed by atoms with Gasteiger partial charge in [-0.2, -0.15) is 4.98 Å². The largest absolute Gasteiger partial charge is 0.509 e. The number of nitrogens with zero attached hydrogens (tertiary/aromatic N) is 2. The topological polar surface area (TPSA) is 112 Å². The average Bonchev–Trinajstić information content (AvgIpc) is 2.89. The molecule has 0 aliphatic carbocycles. The molecule has 2 saturated heterocycles. The molecule has 102 valence electrons. The Bertz CT molecular complexity index is 573. The predicted molar refractivity (Wildman–Crippen MR) is 58.6 cm³/mol. The van der Waals surface area contributed by atoms with Gasteiger partial charge in [-0.05, 0) is 13.0 Å². The van der Waals surface area contributed by atoms with Gasteiger partial charge in [0.2, 0.25) is 0 Å². The molecule has 2 aliphatic rings. The number of rotatable bonds is 2. The van der Waals surface area contributed by atoms with Crippen LogP contribution in [0.4, 0.5) is 10.6 Å². The van der Waals surface area contributed by atoms with E-state index in [1.165, 1.54) is 16.8 Å². The summed E-state index contributed by atoms with van der Waals surface area (Å²) in [5, 5.41) is 8.66. The minimum absolute atomic E-state index is 0.0171. The maximum absolute atomic E-state index is 11.8. The van der Waals surface area contributed by atoms with E-state index in [-0.39, 0.29) is 11.9 Å². The van der Waals surface area contributed by atoms with E-state index in [0.29, 0.717) is 0 Å². The van der Waals surface area contributed by atoms with Gasteiger partial charge in [-0.25, -0.2) is 9.59 Å². The molecule has 1 aromatic rings. The molecule has 0 unspecified atom stereocenters. The van der Waals surface area contributed by atoms with Gasteiger partial charge in [0.05, 0.1) is 6.10 Å². The maximum Gasteiger partial charge on any atom is 0.509 e. The van der Waals surface area contributed by atoms with E-state index >= 15 is 0 Å². The highest BCUT2D eigenvalue weighted by Crippen LogP contribution is 2.36. The van der Waals surface area contributed by atoms with Crippen LogP contribution in [-0.2, 0) is 14.2 Å². The van der Waals surface area contributed by atoms with Gasteiger partial charge in [0.15, 0.2) is 24.3 Å². The third-order valence-electron chi connectivity index (χ3n) is 3.10. The molecular weight excluding hydrogens is 258 g/mol. The van der Waals surface area contributed by atoms with Crippen LogP contribution < -0.4 is 11.2 Å². The highest BCUT2D eigenvalue weighted by atomic mass is 16.8. The lowest BCUT2D eigenvalue weighted by molar-refractivity contribution is -0.0520. The summed E-state index contributed by atoms with van der Waals surface area (Å²) < 4.78 is 16.7. The molecule has 2 aliphatic heterocycles. The van der Waals surface area contributed by atoms with Crippen molar-refractivity contribution in [1.29, 1.82) is 0 Å². The Morgan fingerprint density at radius 3 is 2.79 bits per heavy atom. The highest BCUT2D eigenvalue weighted by molar-refractivity contribution is 5.63. The molecule has 0 spiro atoms. The Morgan fingerprint density at radius 2 is 2.11 bits per heavy atom. The number of hydrogen-bond acceptors (Lipinski definition) is 8. The van der Waals surface area contributed by atoms with Crippen molar-refractivity contribution in [2.75, 3.05) is 5.48 Å². The predicted octanol–water partition coefficient (Wildman–Crippen LogP) is -0.134. The van der Waals surface area contributed by atoms with Crippen molar-refractivity contribution in [3.05, 3.63) is 22.7 Å². The van der Waals surface area contributed by atoms with Gasteiger partial charge in [0.1, 0.15) is 0 Å². The van der Waals surface area contributed by atoms with E-state index in [4.69, 9.17) is 19.4 Å². The Balaban J connectivity index is 1.94. The van der Waals surface area contributed by atoms with Crippen molar-refractivity contribution >= 4 is 12.0 Å². The van der Waals surface area contributed by atoms with Gasteiger partial charge in [0.25, 0.3) is 0 Å². The van der Waals surface area contributed by atoms with Crippen molar-refractivity contribution in [1.82, 2.24) is 9.55 Å². The summed E-state index contributed by atoms with van der Waals surface area (Å²) in [7, 11) is 0. The number of aromatic nitrogens is 2. The molecule has 1 aromatic heterocycles. The fourth-order valence-corrected chi connectivity index (χ4v) is 2.23. The molecule has 3 heterocycles. The summed E-state index contributed by atoms with van der Waals surface area (Å²) in [5.74, 6) is 0.0171. The van der Waals surface area contributed by atoms with Crippen molar-refractivity contribution in [2.24, 2.45) is 0 Å². The molecule has 0 amide bonds. The normalized spacial score (nSPS) is 32.6. The van der Waals surface area contributed by atoms with Crippen molar-refractivity contribution < 1.29 is 24.2 Å². The quantitative estimate of drug-likeness (QED) is 0.564. The fraction of sp³-hybridized carbons (Fsp3) is 0.500. The number of carbonyl (C=O) groups is 1. The second-order valence-electron chi connectivity index (χ2n) is 4.26. The van der Waals surface area contributed by atoms with E-state index in [0.717, 1.165) is 0 Å². The number of hydrogen-bond donors (Lipinski definition) is 2. The first-order valence-electron chi connectivity index (χ1n) is 5.62. The molecule has 3 rings (SSSR count). The van der Waals surface area contributed by atoms with Crippen LogP contribution in [0.3, 0.4) is 0 Å². The van der Waals surface area contributed by atoms with Crippen LogP contribution in [0.25, 0.3) is 0 Å². The summed E-state index contributed by atoms with van der Waals surface area (Å²) >= 11 is 0.